The summed E-state index contributed by atoms with van der Waals surface area (Å²) in [7, 11) is 0. The van der Waals surface area contributed by atoms with Gasteiger partial charge >= 0.3 is 0 Å². The number of hydrogen-bond acceptors (Lipinski definition) is 3. The van der Waals surface area contributed by atoms with Crippen LogP contribution in [-0.4, -0.2) is 21.4 Å². The fraction of sp³-hybridized carbons (Fsp3) is 0.238. The van der Waals surface area contributed by atoms with Gasteiger partial charge in [-0.3, -0.25) is 4.79 Å². The molecule has 0 unspecified atom stereocenters. The van der Waals surface area contributed by atoms with Gasteiger partial charge in [-0.1, -0.05) is 49.4 Å². The number of aromatic nitrogens is 2. The van der Waals surface area contributed by atoms with E-state index in [9.17, 15) is 4.79 Å². The number of anilines is 1. The van der Waals surface area contributed by atoms with E-state index in [0.29, 0.717) is 5.75 Å². The number of carbonyl (C=O) groups is 1. The highest BCUT2D eigenvalue weighted by atomic mass is 32.2. The molecule has 132 valence electrons. The fourth-order valence-corrected chi connectivity index (χ4v) is 4.52. The normalized spacial score (nSPS) is 16.7. The second-order valence-corrected chi connectivity index (χ2v) is 7.52. The largest absolute Gasteiger partial charge is 0.310 e. The van der Waals surface area contributed by atoms with Crippen LogP contribution in [0.1, 0.15) is 34.6 Å². The molecule has 5 heteroatoms. The summed E-state index contributed by atoms with van der Waals surface area (Å²) in [5.41, 5.74) is 5.51. The molecule has 1 atom stereocenters. The molecule has 2 heterocycles. The number of aryl methyl sites for hydroxylation is 2. The molecule has 0 saturated carbocycles. The third-order valence-electron chi connectivity index (χ3n) is 4.70. The molecule has 0 aliphatic carbocycles. The molecule has 0 radical (unpaired) electrons. The van der Waals surface area contributed by atoms with Crippen molar-refractivity contribution in [1.82, 2.24) is 9.78 Å². The van der Waals surface area contributed by atoms with Crippen LogP contribution in [0.2, 0.25) is 0 Å². The molecule has 1 aromatic heterocycles. The Balaban J connectivity index is 1.85. The maximum absolute atomic E-state index is 12.3. The van der Waals surface area contributed by atoms with Crippen molar-refractivity contribution in [2.24, 2.45) is 0 Å². The Kier molecular flexibility index (Phi) is 4.55. The average molecular weight is 363 g/mol. The molecule has 0 bridgehead atoms. The highest BCUT2D eigenvalue weighted by Crippen LogP contribution is 2.43. The molecule has 0 fully saturated rings. The van der Waals surface area contributed by atoms with Gasteiger partial charge in [0.25, 0.3) is 0 Å². The van der Waals surface area contributed by atoms with Gasteiger partial charge in [-0.15, -0.1) is 11.8 Å². The number of carbonyl (C=O) groups excluding carboxylic acids is 1. The lowest BCUT2D eigenvalue weighted by atomic mass is 10.0. The summed E-state index contributed by atoms with van der Waals surface area (Å²) in [6.45, 7) is 4.17. The van der Waals surface area contributed by atoms with E-state index in [1.54, 1.807) is 11.8 Å². The molecule has 4 nitrogen and oxygen atoms in total. The van der Waals surface area contributed by atoms with Gasteiger partial charge in [-0.2, -0.15) is 5.10 Å². The number of nitrogens with one attached hydrogen (secondary N) is 1. The van der Waals surface area contributed by atoms with Gasteiger partial charge < -0.3 is 5.32 Å². The van der Waals surface area contributed by atoms with Crippen molar-refractivity contribution < 1.29 is 4.79 Å². The first kappa shape index (κ1) is 16.9. The van der Waals surface area contributed by atoms with E-state index < -0.39 is 0 Å². The number of nitrogens with zero attached hydrogens (tertiary/aromatic N) is 2. The lowest BCUT2D eigenvalue weighted by Crippen LogP contribution is -2.15. The van der Waals surface area contributed by atoms with Crippen LogP contribution < -0.4 is 5.32 Å². The van der Waals surface area contributed by atoms with Crippen molar-refractivity contribution in [3.05, 3.63) is 77.0 Å². The zero-order valence-corrected chi connectivity index (χ0v) is 15.7. The van der Waals surface area contributed by atoms with E-state index in [0.717, 1.165) is 29.2 Å². The van der Waals surface area contributed by atoms with Gasteiger partial charge in [-0.25, -0.2) is 4.68 Å². The summed E-state index contributed by atoms with van der Waals surface area (Å²) in [5.74, 6) is 1.23. The molecule has 1 amide bonds. The van der Waals surface area contributed by atoms with E-state index in [2.05, 4.69) is 36.5 Å². The quantitative estimate of drug-likeness (QED) is 0.744. The molecule has 0 saturated heterocycles. The van der Waals surface area contributed by atoms with Crippen molar-refractivity contribution >= 4 is 23.5 Å². The summed E-state index contributed by atoms with van der Waals surface area (Å²) in [6, 6.07) is 18.6. The van der Waals surface area contributed by atoms with Crippen LogP contribution in [0.15, 0.2) is 54.6 Å². The van der Waals surface area contributed by atoms with Crippen LogP contribution in [0, 0.1) is 6.92 Å². The summed E-state index contributed by atoms with van der Waals surface area (Å²) >= 11 is 1.66. The molecule has 1 aliphatic heterocycles. The summed E-state index contributed by atoms with van der Waals surface area (Å²) in [4.78, 5) is 12.3. The maximum Gasteiger partial charge on any atom is 0.235 e. The fourth-order valence-electron chi connectivity index (χ4n) is 3.33. The highest BCUT2D eigenvalue weighted by Gasteiger charge is 2.30. The Bertz CT molecular complexity index is 932. The number of thioether (sulfide) groups is 1. The Morgan fingerprint density at radius 3 is 2.58 bits per heavy atom. The van der Waals surface area contributed by atoms with E-state index >= 15 is 0 Å². The minimum absolute atomic E-state index is 0.0148. The van der Waals surface area contributed by atoms with Gasteiger partial charge in [0, 0.05) is 5.56 Å². The third-order valence-corrected chi connectivity index (χ3v) is 5.97. The first-order valence-corrected chi connectivity index (χ1v) is 9.87. The molecule has 1 aliphatic rings. The van der Waals surface area contributed by atoms with Crippen LogP contribution in [-0.2, 0) is 11.2 Å². The van der Waals surface area contributed by atoms with Crippen molar-refractivity contribution in [2.45, 2.75) is 25.5 Å². The number of para-hydroxylation sites is 1. The smallest absolute Gasteiger partial charge is 0.235 e. The lowest BCUT2D eigenvalue weighted by molar-refractivity contribution is -0.113. The molecule has 1 N–H and O–H groups in total. The average Bonchev–Trinajstić information content (AvgIpc) is 2.88. The highest BCUT2D eigenvalue weighted by molar-refractivity contribution is 8.00. The zero-order valence-electron chi connectivity index (χ0n) is 14.9. The third kappa shape index (κ3) is 3.03. The summed E-state index contributed by atoms with van der Waals surface area (Å²) in [5, 5.41) is 7.90. The van der Waals surface area contributed by atoms with E-state index in [4.69, 9.17) is 5.10 Å². The SMILES string of the molecule is CCc1ccc([C@H]2SCC(=O)Nc3c2c(C)nn3-c2ccccc2)cc1. The molecular weight excluding hydrogens is 342 g/mol. The Hall–Kier alpha value is -2.53. The maximum atomic E-state index is 12.3. The van der Waals surface area contributed by atoms with Crippen LogP contribution in [0.4, 0.5) is 5.82 Å². The number of amides is 1. The zero-order chi connectivity index (χ0) is 18.1. The first-order valence-electron chi connectivity index (χ1n) is 8.82. The summed E-state index contributed by atoms with van der Waals surface area (Å²) in [6.07, 6.45) is 1.02. The monoisotopic (exact) mass is 363 g/mol. The molecular formula is C21H21N3OS. The second-order valence-electron chi connectivity index (χ2n) is 6.43. The minimum Gasteiger partial charge on any atom is -0.310 e. The van der Waals surface area contributed by atoms with Gasteiger partial charge in [0.05, 0.1) is 22.4 Å². The Morgan fingerprint density at radius 1 is 1.15 bits per heavy atom. The van der Waals surface area contributed by atoms with Crippen molar-refractivity contribution in [1.29, 1.82) is 0 Å². The molecule has 4 rings (SSSR count). The van der Waals surface area contributed by atoms with E-state index in [1.807, 2.05) is 41.9 Å². The van der Waals surface area contributed by atoms with Gasteiger partial charge in [0.2, 0.25) is 5.91 Å². The van der Waals surface area contributed by atoms with Gasteiger partial charge in [0.15, 0.2) is 0 Å². The number of fused-ring (bicyclic) bond motifs is 1. The Morgan fingerprint density at radius 2 is 1.88 bits per heavy atom. The molecule has 0 spiro atoms. The Labute approximate surface area is 157 Å². The number of benzene rings is 2. The van der Waals surface area contributed by atoms with E-state index in [1.165, 1.54) is 11.1 Å². The number of hydrogen-bond donors (Lipinski definition) is 1. The second kappa shape index (κ2) is 7.00. The van der Waals surface area contributed by atoms with Crippen LogP contribution in [0.25, 0.3) is 5.69 Å². The topological polar surface area (TPSA) is 46.9 Å². The minimum atomic E-state index is 0.0148. The molecule has 2 aromatic carbocycles. The van der Waals surface area contributed by atoms with Gasteiger partial charge in [0.1, 0.15) is 5.82 Å². The lowest BCUT2D eigenvalue weighted by Gasteiger charge is -2.16. The molecule has 26 heavy (non-hydrogen) atoms. The standard InChI is InChI=1S/C21H21N3OS/c1-3-15-9-11-16(12-10-15)20-19-14(2)23-24(17-7-5-4-6-8-17)21(19)22-18(25)13-26-20/h4-12,20H,3,13H2,1-2H3,(H,22,25)/t20-/m1/s1. The predicted octanol–water partition coefficient (Wildman–Crippen LogP) is 4.52. The number of rotatable bonds is 3. The van der Waals surface area contributed by atoms with Crippen LogP contribution in [0.5, 0.6) is 0 Å². The molecule has 3 aromatic rings. The van der Waals surface area contributed by atoms with Crippen molar-refractivity contribution in [3.63, 3.8) is 0 Å². The van der Waals surface area contributed by atoms with Crippen LogP contribution >= 0.6 is 11.8 Å². The summed E-state index contributed by atoms with van der Waals surface area (Å²) < 4.78 is 1.85. The van der Waals surface area contributed by atoms with Crippen LogP contribution in [0.3, 0.4) is 0 Å². The van der Waals surface area contributed by atoms with Crippen molar-refractivity contribution in [2.75, 3.05) is 11.1 Å². The van der Waals surface area contributed by atoms with Gasteiger partial charge in [-0.05, 0) is 36.6 Å². The van der Waals surface area contributed by atoms with E-state index in [-0.39, 0.29) is 11.2 Å². The predicted molar refractivity (Wildman–Crippen MR) is 107 cm³/mol. The van der Waals surface area contributed by atoms with Crippen molar-refractivity contribution in [3.8, 4) is 5.69 Å². The first-order chi connectivity index (χ1) is 12.7.